The highest BCUT2D eigenvalue weighted by atomic mass is 16.4. The Morgan fingerprint density at radius 1 is 1.42 bits per heavy atom. The first-order chi connectivity index (χ1) is 9.15. The van der Waals surface area contributed by atoms with Crippen molar-refractivity contribution < 1.29 is 14.7 Å². The lowest BCUT2D eigenvalue weighted by atomic mass is 10.1. The SMILES string of the molecule is O=C(CC1C=CCC1)NCc1ccc(C(=O)O)nc1. The molecule has 19 heavy (non-hydrogen) atoms. The van der Waals surface area contributed by atoms with Gasteiger partial charge in [0.25, 0.3) is 0 Å². The van der Waals surface area contributed by atoms with Crippen LogP contribution < -0.4 is 5.32 Å². The van der Waals surface area contributed by atoms with Gasteiger partial charge in [-0.3, -0.25) is 4.79 Å². The third kappa shape index (κ3) is 3.91. The van der Waals surface area contributed by atoms with Crippen LogP contribution in [0.15, 0.2) is 30.5 Å². The number of aromatic carboxylic acids is 1. The Morgan fingerprint density at radius 2 is 2.26 bits per heavy atom. The van der Waals surface area contributed by atoms with E-state index in [1.54, 1.807) is 6.07 Å². The van der Waals surface area contributed by atoms with Crippen LogP contribution in [0.2, 0.25) is 0 Å². The number of hydrogen-bond acceptors (Lipinski definition) is 3. The molecule has 1 aliphatic carbocycles. The zero-order chi connectivity index (χ0) is 13.7. The monoisotopic (exact) mass is 260 g/mol. The molecule has 1 aromatic rings. The Balaban J connectivity index is 1.79. The van der Waals surface area contributed by atoms with Gasteiger partial charge in [0.15, 0.2) is 0 Å². The van der Waals surface area contributed by atoms with Crippen molar-refractivity contribution in [1.29, 1.82) is 0 Å². The van der Waals surface area contributed by atoms with Gasteiger partial charge in [0.05, 0.1) is 0 Å². The quantitative estimate of drug-likeness (QED) is 0.790. The zero-order valence-electron chi connectivity index (χ0n) is 10.5. The minimum atomic E-state index is -1.05. The average molecular weight is 260 g/mol. The fraction of sp³-hybridized carbons (Fsp3) is 0.357. The fourth-order valence-electron chi connectivity index (χ4n) is 2.03. The second kappa shape index (κ2) is 6.13. The van der Waals surface area contributed by atoms with Gasteiger partial charge in [0.2, 0.25) is 5.91 Å². The second-order valence-corrected chi connectivity index (χ2v) is 4.60. The lowest BCUT2D eigenvalue weighted by Gasteiger charge is -2.08. The van der Waals surface area contributed by atoms with Crippen LogP contribution in [0, 0.1) is 5.92 Å². The highest BCUT2D eigenvalue weighted by Crippen LogP contribution is 2.19. The molecule has 5 heteroatoms. The number of hydrogen-bond donors (Lipinski definition) is 2. The van der Waals surface area contributed by atoms with E-state index in [1.165, 1.54) is 12.3 Å². The molecule has 0 fully saturated rings. The Kier molecular flexibility index (Phi) is 4.28. The molecular formula is C14H16N2O3. The summed E-state index contributed by atoms with van der Waals surface area (Å²) in [6.45, 7) is 0.377. The van der Waals surface area contributed by atoms with Gasteiger partial charge in [0, 0.05) is 19.2 Å². The minimum Gasteiger partial charge on any atom is -0.477 e. The minimum absolute atomic E-state index is 0.00571. The molecule has 1 aromatic heterocycles. The predicted octanol–water partition coefficient (Wildman–Crippen LogP) is 1.75. The van der Waals surface area contributed by atoms with Gasteiger partial charge < -0.3 is 10.4 Å². The topological polar surface area (TPSA) is 79.3 Å². The van der Waals surface area contributed by atoms with E-state index in [4.69, 9.17) is 5.11 Å². The molecule has 1 heterocycles. The van der Waals surface area contributed by atoms with Crippen molar-refractivity contribution in [2.24, 2.45) is 5.92 Å². The van der Waals surface area contributed by atoms with E-state index in [1.807, 2.05) is 0 Å². The summed E-state index contributed by atoms with van der Waals surface area (Å²) < 4.78 is 0. The number of aromatic nitrogens is 1. The van der Waals surface area contributed by atoms with Gasteiger partial charge in [-0.05, 0) is 30.4 Å². The molecular weight excluding hydrogens is 244 g/mol. The van der Waals surface area contributed by atoms with Gasteiger partial charge >= 0.3 is 5.97 Å². The molecule has 0 saturated heterocycles. The van der Waals surface area contributed by atoms with Crippen molar-refractivity contribution in [3.8, 4) is 0 Å². The maximum Gasteiger partial charge on any atom is 0.354 e. The van der Waals surface area contributed by atoms with Crippen LogP contribution in [-0.2, 0) is 11.3 Å². The third-order valence-corrected chi connectivity index (χ3v) is 3.09. The summed E-state index contributed by atoms with van der Waals surface area (Å²) in [6.07, 6.45) is 8.27. The second-order valence-electron chi connectivity index (χ2n) is 4.60. The highest BCUT2D eigenvalue weighted by Gasteiger charge is 2.13. The average Bonchev–Trinajstić information content (AvgIpc) is 2.89. The van der Waals surface area contributed by atoms with Gasteiger partial charge in [-0.2, -0.15) is 0 Å². The number of allylic oxidation sites excluding steroid dienone is 2. The van der Waals surface area contributed by atoms with Crippen molar-refractivity contribution in [3.05, 3.63) is 41.7 Å². The van der Waals surface area contributed by atoms with Crippen LogP contribution >= 0.6 is 0 Å². The summed E-state index contributed by atoms with van der Waals surface area (Å²) in [6, 6.07) is 3.09. The maximum atomic E-state index is 11.7. The van der Waals surface area contributed by atoms with Crippen molar-refractivity contribution in [1.82, 2.24) is 10.3 Å². The number of carbonyl (C=O) groups excluding carboxylic acids is 1. The Morgan fingerprint density at radius 3 is 2.84 bits per heavy atom. The summed E-state index contributed by atoms with van der Waals surface area (Å²) in [7, 11) is 0. The molecule has 0 saturated carbocycles. The first kappa shape index (κ1) is 13.3. The number of carboxylic acids is 1. The van der Waals surface area contributed by atoms with E-state index in [0.717, 1.165) is 18.4 Å². The molecule has 100 valence electrons. The number of carboxylic acid groups (broad SMARTS) is 1. The molecule has 1 atom stereocenters. The number of amides is 1. The highest BCUT2D eigenvalue weighted by molar-refractivity contribution is 5.85. The first-order valence-corrected chi connectivity index (χ1v) is 6.27. The molecule has 2 N–H and O–H groups in total. The Bertz CT molecular complexity index is 494. The van der Waals surface area contributed by atoms with Gasteiger partial charge in [-0.25, -0.2) is 9.78 Å². The normalized spacial score (nSPS) is 17.4. The molecule has 1 unspecified atom stereocenters. The van der Waals surface area contributed by atoms with E-state index in [9.17, 15) is 9.59 Å². The van der Waals surface area contributed by atoms with Crippen LogP contribution in [0.5, 0.6) is 0 Å². The smallest absolute Gasteiger partial charge is 0.354 e. The van der Waals surface area contributed by atoms with E-state index in [-0.39, 0.29) is 11.6 Å². The van der Waals surface area contributed by atoms with E-state index in [0.29, 0.717) is 18.9 Å². The summed E-state index contributed by atoms with van der Waals surface area (Å²) in [5.74, 6) is -0.685. The first-order valence-electron chi connectivity index (χ1n) is 6.27. The largest absolute Gasteiger partial charge is 0.477 e. The van der Waals surface area contributed by atoms with Crippen molar-refractivity contribution in [2.45, 2.75) is 25.8 Å². The standard InChI is InChI=1S/C14H16N2O3/c17-13(7-10-3-1-2-4-10)16-9-11-5-6-12(14(18)19)15-8-11/h1,3,5-6,8,10H,2,4,7,9H2,(H,16,17)(H,18,19). The van der Waals surface area contributed by atoms with Gasteiger partial charge in [-0.15, -0.1) is 0 Å². The van der Waals surface area contributed by atoms with Crippen LogP contribution in [0.1, 0.15) is 35.3 Å². The van der Waals surface area contributed by atoms with Crippen LogP contribution in [0.4, 0.5) is 0 Å². The molecule has 0 spiro atoms. The van der Waals surface area contributed by atoms with E-state index < -0.39 is 5.97 Å². The zero-order valence-corrected chi connectivity index (χ0v) is 10.5. The van der Waals surface area contributed by atoms with Crippen LogP contribution in [0.3, 0.4) is 0 Å². The fourth-order valence-corrected chi connectivity index (χ4v) is 2.03. The van der Waals surface area contributed by atoms with Crippen molar-refractivity contribution in [3.63, 3.8) is 0 Å². The Hall–Kier alpha value is -2.17. The lowest BCUT2D eigenvalue weighted by molar-refractivity contribution is -0.121. The number of nitrogens with one attached hydrogen (secondary N) is 1. The summed E-state index contributed by atoms with van der Waals surface area (Å²) in [5, 5.41) is 11.5. The number of rotatable bonds is 5. The van der Waals surface area contributed by atoms with Crippen molar-refractivity contribution >= 4 is 11.9 Å². The summed E-state index contributed by atoms with van der Waals surface area (Å²) in [5.41, 5.74) is 0.798. The van der Waals surface area contributed by atoms with Crippen LogP contribution in [0.25, 0.3) is 0 Å². The van der Waals surface area contributed by atoms with Gasteiger partial charge in [0.1, 0.15) is 5.69 Å². The number of pyridine rings is 1. The number of carbonyl (C=O) groups is 2. The molecule has 2 rings (SSSR count). The summed E-state index contributed by atoms with van der Waals surface area (Å²) in [4.78, 5) is 26.1. The lowest BCUT2D eigenvalue weighted by Crippen LogP contribution is -2.24. The molecule has 0 bridgehead atoms. The molecule has 1 aliphatic rings. The molecule has 0 aromatic carbocycles. The molecule has 0 radical (unpaired) electrons. The van der Waals surface area contributed by atoms with Crippen LogP contribution in [-0.4, -0.2) is 22.0 Å². The summed E-state index contributed by atoms with van der Waals surface area (Å²) >= 11 is 0. The number of nitrogens with zero attached hydrogens (tertiary/aromatic N) is 1. The van der Waals surface area contributed by atoms with E-state index in [2.05, 4.69) is 22.5 Å². The van der Waals surface area contributed by atoms with E-state index >= 15 is 0 Å². The predicted molar refractivity (Wildman–Crippen MR) is 69.5 cm³/mol. The Labute approximate surface area is 111 Å². The molecule has 1 amide bonds. The van der Waals surface area contributed by atoms with Gasteiger partial charge in [-0.1, -0.05) is 18.2 Å². The van der Waals surface area contributed by atoms with Crippen molar-refractivity contribution in [2.75, 3.05) is 0 Å². The maximum absolute atomic E-state index is 11.7. The molecule has 0 aliphatic heterocycles. The molecule has 5 nitrogen and oxygen atoms in total. The third-order valence-electron chi connectivity index (χ3n) is 3.09.